The number of rotatable bonds is 6. The fraction of sp³-hybridized carbons (Fsp3) is 1.00. The number of hydrogen-bond donors (Lipinski definition) is 0. The topological polar surface area (TPSA) is 28.2 Å². The Kier molecular flexibility index (Phi) is 13.9. The molecule has 0 N–H and O–H groups in total. The number of halogens is 4. The standard InChI is InChI=1S/C15H26Cl2N2.2ClH.Ti/c16-12-2-6-14(7-3-12)18-10-1-11-19-15-8-4-13(17)5-9-15;;;/h12-15H,1-11H2;2*1H;/q-2;;;+2/p-2. The zero-order valence-corrected chi connectivity index (χ0v) is 17.6. The molecule has 0 saturated heterocycles. The third-order valence-corrected chi connectivity index (χ3v) is 5.22. The van der Waals surface area contributed by atoms with E-state index in [1.165, 1.54) is 25.7 Å². The van der Waals surface area contributed by atoms with Crippen LogP contribution in [0.2, 0.25) is 0 Å². The summed E-state index contributed by atoms with van der Waals surface area (Å²) in [7, 11) is 9.78. The molecular formula is C15H26Cl4N2Ti-2. The molecule has 0 aromatic carbocycles. The Morgan fingerprint density at radius 3 is 1.32 bits per heavy atom. The van der Waals surface area contributed by atoms with E-state index in [1.807, 2.05) is 0 Å². The number of hydrogen-bond acceptors (Lipinski definition) is 0. The van der Waals surface area contributed by atoms with Crippen LogP contribution in [0.5, 0.6) is 0 Å². The first-order valence-electron chi connectivity index (χ1n) is 8.23. The van der Waals surface area contributed by atoms with Gasteiger partial charge in [0.05, 0.1) is 0 Å². The summed E-state index contributed by atoms with van der Waals surface area (Å²) in [5.41, 5.74) is 0. The summed E-state index contributed by atoms with van der Waals surface area (Å²) < 4.78 is 0. The third-order valence-electron chi connectivity index (χ3n) is 4.34. The molecule has 0 aromatic heterocycles. The van der Waals surface area contributed by atoms with Gasteiger partial charge in [0.2, 0.25) is 0 Å². The first-order valence-corrected chi connectivity index (χ1v) is 13.4. The third kappa shape index (κ3) is 10.6. The van der Waals surface area contributed by atoms with E-state index in [2.05, 4.69) is 0 Å². The Bertz CT molecular complexity index is 234. The molecule has 2 aliphatic carbocycles. The van der Waals surface area contributed by atoms with Crippen LogP contribution in [0.25, 0.3) is 10.6 Å². The van der Waals surface area contributed by atoms with Crippen LogP contribution in [-0.2, 0) is 17.0 Å². The Balaban J connectivity index is 0.000000745. The molecule has 0 amide bonds. The molecule has 130 valence electrons. The molecule has 0 aliphatic heterocycles. The second kappa shape index (κ2) is 14.0. The van der Waals surface area contributed by atoms with Gasteiger partial charge >= 0.3 is 35.6 Å². The first kappa shape index (κ1) is 21.8. The van der Waals surface area contributed by atoms with E-state index in [0.29, 0.717) is 22.8 Å². The van der Waals surface area contributed by atoms with E-state index in [9.17, 15) is 0 Å². The fourth-order valence-electron chi connectivity index (χ4n) is 3.05. The SMILES string of the molecule is ClC1CCC([N-]CCC[N-]C2CCC(Cl)CC2)CC1.[Cl][Ti][Cl]. The molecule has 2 saturated carbocycles. The van der Waals surface area contributed by atoms with Gasteiger partial charge in [-0.3, -0.25) is 0 Å². The van der Waals surface area contributed by atoms with E-state index >= 15 is 0 Å². The van der Waals surface area contributed by atoms with E-state index in [1.54, 1.807) is 0 Å². The van der Waals surface area contributed by atoms with Gasteiger partial charge in [-0.05, 0) is 25.7 Å². The van der Waals surface area contributed by atoms with Crippen molar-refractivity contribution in [3.05, 3.63) is 10.6 Å². The van der Waals surface area contributed by atoms with Crippen LogP contribution < -0.4 is 0 Å². The summed E-state index contributed by atoms with van der Waals surface area (Å²) in [4.78, 5) is 0. The van der Waals surface area contributed by atoms with Crippen molar-refractivity contribution in [2.75, 3.05) is 13.1 Å². The van der Waals surface area contributed by atoms with Gasteiger partial charge in [-0.25, -0.2) is 0 Å². The van der Waals surface area contributed by atoms with E-state index in [-0.39, 0.29) is 0 Å². The van der Waals surface area contributed by atoms with Crippen molar-refractivity contribution in [3.63, 3.8) is 0 Å². The van der Waals surface area contributed by atoms with Crippen molar-refractivity contribution in [1.82, 2.24) is 0 Å². The van der Waals surface area contributed by atoms with Gasteiger partial charge in [0.1, 0.15) is 0 Å². The quantitative estimate of drug-likeness (QED) is 0.261. The molecule has 0 unspecified atom stereocenters. The first-order chi connectivity index (χ1) is 10.7. The van der Waals surface area contributed by atoms with Crippen LogP contribution in [0.15, 0.2) is 0 Å². The minimum atomic E-state index is -0.556. The fourth-order valence-corrected chi connectivity index (χ4v) is 3.56. The monoisotopic (exact) mass is 422 g/mol. The Hall–Kier alpha value is 1.79. The zero-order chi connectivity index (χ0) is 16.2. The molecule has 2 fully saturated rings. The van der Waals surface area contributed by atoms with Crippen molar-refractivity contribution in [1.29, 1.82) is 0 Å². The van der Waals surface area contributed by atoms with E-state index in [0.717, 1.165) is 45.2 Å². The second-order valence-electron chi connectivity index (χ2n) is 6.05. The van der Waals surface area contributed by atoms with Crippen LogP contribution in [-0.4, -0.2) is 35.9 Å². The van der Waals surface area contributed by atoms with Gasteiger partial charge in [-0.1, -0.05) is 32.1 Å². The number of alkyl halides is 2. The summed E-state index contributed by atoms with van der Waals surface area (Å²) in [6, 6.07) is 1.14. The van der Waals surface area contributed by atoms with E-state index < -0.39 is 17.0 Å². The van der Waals surface area contributed by atoms with Crippen molar-refractivity contribution in [2.24, 2.45) is 0 Å². The second-order valence-corrected chi connectivity index (χ2v) is 9.86. The summed E-state index contributed by atoms with van der Waals surface area (Å²) >= 11 is 11.6. The average molecular weight is 424 g/mol. The van der Waals surface area contributed by atoms with Crippen LogP contribution in [0.3, 0.4) is 0 Å². The maximum atomic E-state index is 6.10. The molecule has 0 atom stereocenters. The minimum absolute atomic E-state index is 0.401. The zero-order valence-electron chi connectivity index (χ0n) is 13.0. The average Bonchev–Trinajstić information content (AvgIpc) is 2.51. The predicted octanol–water partition coefficient (Wildman–Crippen LogP) is 6.60. The summed E-state index contributed by atoms with van der Waals surface area (Å²) in [6.07, 6.45) is 10.4. The van der Waals surface area contributed by atoms with Gasteiger partial charge < -0.3 is 10.6 Å². The van der Waals surface area contributed by atoms with Crippen LogP contribution in [0, 0.1) is 0 Å². The van der Waals surface area contributed by atoms with Crippen LogP contribution >= 0.6 is 41.8 Å². The molecule has 2 aliphatic rings. The molecule has 2 rings (SSSR count). The normalized spacial score (nSPS) is 32.0. The Morgan fingerprint density at radius 1 is 0.682 bits per heavy atom. The van der Waals surface area contributed by atoms with Crippen molar-refractivity contribution in [2.45, 2.75) is 80.6 Å². The molecule has 7 heteroatoms. The summed E-state index contributed by atoms with van der Waals surface area (Å²) in [5.74, 6) is 0. The predicted molar refractivity (Wildman–Crippen MR) is 96.6 cm³/mol. The Morgan fingerprint density at radius 2 is 1.00 bits per heavy atom. The number of nitrogens with zero attached hydrogens (tertiary/aromatic N) is 2. The molecule has 0 aromatic rings. The molecular weight excluding hydrogens is 398 g/mol. The molecule has 22 heavy (non-hydrogen) atoms. The van der Waals surface area contributed by atoms with Gasteiger partial charge in [0.15, 0.2) is 0 Å². The molecule has 0 heterocycles. The van der Waals surface area contributed by atoms with Gasteiger partial charge in [-0.2, -0.15) is 13.1 Å². The van der Waals surface area contributed by atoms with Gasteiger partial charge in [-0.15, -0.1) is 35.3 Å². The Labute approximate surface area is 162 Å². The van der Waals surface area contributed by atoms with Crippen LogP contribution in [0.4, 0.5) is 0 Å². The molecule has 0 bridgehead atoms. The van der Waals surface area contributed by atoms with Crippen molar-refractivity contribution in [3.8, 4) is 0 Å². The summed E-state index contributed by atoms with van der Waals surface area (Å²) in [6.45, 7) is 1.96. The van der Waals surface area contributed by atoms with Gasteiger partial charge in [0.25, 0.3) is 0 Å². The van der Waals surface area contributed by atoms with Crippen LogP contribution in [0.1, 0.15) is 57.8 Å². The van der Waals surface area contributed by atoms with Crippen molar-refractivity contribution < 1.29 is 17.0 Å². The molecule has 0 radical (unpaired) electrons. The molecule has 0 spiro atoms. The maximum absolute atomic E-state index is 6.10. The summed E-state index contributed by atoms with van der Waals surface area (Å²) in [5, 5.41) is 10.3. The van der Waals surface area contributed by atoms with Crippen molar-refractivity contribution >= 4 is 41.8 Å². The molecule has 2 nitrogen and oxygen atoms in total. The van der Waals surface area contributed by atoms with Gasteiger partial charge in [0, 0.05) is 10.8 Å². The van der Waals surface area contributed by atoms with E-state index in [4.69, 9.17) is 52.4 Å².